The van der Waals surface area contributed by atoms with Crippen LogP contribution in [-0.2, 0) is 9.53 Å². The largest absolute Gasteiger partial charge is 0.460 e. The molecule has 0 saturated carbocycles. The standard InChI is InChI=1S/C13H23NO2/c1-13(2,3)16-12(15)10-8-6-4-5-7-9-11-14/h4-10H2,1-3H3. The number of carbonyl (C=O) groups excluding carboxylic acids is 1. The van der Waals surface area contributed by atoms with Crippen molar-refractivity contribution in [3.63, 3.8) is 0 Å². The topological polar surface area (TPSA) is 50.1 Å². The first-order valence-electron chi connectivity index (χ1n) is 6.04. The highest BCUT2D eigenvalue weighted by Gasteiger charge is 2.15. The second-order valence-electron chi connectivity index (χ2n) is 5.01. The van der Waals surface area contributed by atoms with E-state index in [9.17, 15) is 4.79 Å². The lowest BCUT2D eigenvalue weighted by Gasteiger charge is -2.19. The number of carbonyl (C=O) groups is 1. The van der Waals surface area contributed by atoms with Gasteiger partial charge in [0.05, 0.1) is 6.07 Å². The van der Waals surface area contributed by atoms with Crippen LogP contribution in [0.4, 0.5) is 0 Å². The molecule has 0 rings (SSSR count). The molecule has 3 heteroatoms. The number of esters is 1. The first-order chi connectivity index (χ1) is 7.45. The molecule has 92 valence electrons. The van der Waals surface area contributed by atoms with Crippen LogP contribution >= 0.6 is 0 Å². The summed E-state index contributed by atoms with van der Waals surface area (Å²) in [6, 6.07) is 2.13. The smallest absolute Gasteiger partial charge is 0.306 e. The first kappa shape index (κ1) is 15.0. The molecule has 0 amide bonds. The van der Waals surface area contributed by atoms with Gasteiger partial charge in [0.25, 0.3) is 0 Å². The van der Waals surface area contributed by atoms with Crippen LogP contribution in [0.5, 0.6) is 0 Å². The van der Waals surface area contributed by atoms with Crippen LogP contribution in [0.15, 0.2) is 0 Å². The maximum atomic E-state index is 11.3. The van der Waals surface area contributed by atoms with Gasteiger partial charge in [-0.3, -0.25) is 4.79 Å². The van der Waals surface area contributed by atoms with E-state index < -0.39 is 0 Å². The summed E-state index contributed by atoms with van der Waals surface area (Å²) in [5.74, 6) is -0.107. The zero-order chi connectivity index (χ0) is 12.4. The number of nitriles is 1. The van der Waals surface area contributed by atoms with Gasteiger partial charge in [-0.15, -0.1) is 0 Å². The Morgan fingerprint density at radius 1 is 1.12 bits per heavy atom. The van der Waals surface area contributed by atoms with Gasteiger partial charge in [-0.2, -0.15) is 5.26 Å². The predicted octanol–water partition coefficient (Wildman–Crippen LogP) is 3.58. The fourth-order valence-corrected chi connectivity index (χ4v) is 1.40. The molecule has 16 heavy (non-hydrogen) atoms. The molecule has 0 unspecified atom stereocenters. The monoisotopic (exact) mass is 225 g/mol. The molecule has 0 radical (unpaired) electrons. The summed E-state index contributed by atoms with van der Waals surface area (Å²) in [5.41, 5.74) is -0.371. The van der Waals surface area contributed by atoms with Crippen LogP contribution in [0, 0.1) is 11.3 Å². The number of hydrogen-bond donors (Lipinski definition) is 0. The number of rotatable bonds is 7. The summed E-state index contributed by atoms with van der Waals surface area (Å²) >= 11 is 0. The van der Waals surface area contributed by atoms with Crippen molar-refractivity contribution in [1.82, 2.24) is 0 Å². The average Bonchev–Trinajstić information content (AvgIpc) is 2.13. The van der Waals surface area contributed by atoms with E-state index in [2.05, 4.69) is 6.07 Å². The van der Waals surface area contributed by atoms with Crippen molar-refractivity contribution >= 4 is 5.97 Å². The maximum absolute atomic E-state index is 11.3. The van der Waals surface area contributed by atoms with Gasteiger partial charge in [0.15, 0.2) is 0 Å². The van der Waals surface area contributed by atoms with Crippen LogP contribution in [0.25, 0.3) is 0 Å². The molecule has 0 aliphatic carbocycles. The van der Waals surface area contributed by atoms with E-state index in [0.717, 1.165) is 32.1 Å². The zero-order valence-corrected chi connectivity index (χ0v) is 10.7. The van der Waals surface area contributed by atoms with Crippen LogP contribution in [0.2, 0.25) is 0 Å². The third-order valence-corrected chi connectivity index (χ3v) is 2.09. The molecule has 0 heterocycles. The van der Waals surface area contributed by atoms with Gasteiger partial charge in [-0.1, -0.05) is 19.3 Å². The highest BCUT2D eigenvalue weighted by atomic mass is 16.6. The molecule has 0 spiro atoms. The molecule has 0 bridgehead atoms. The van der Waals surface area contributed by atoms with E-state index >= 15 is 0 Å². The highest BCUT2D eigenvalue weighted by molar-refractivity contribution is 5.69. The number of hydrogen-bond acceptors (Lipinski definition) is 3. The summed E-state index contributed by atoms with van der Waals surface area (Å²) in [6.45, 7) is 5.65. The summed E-state index contributed by atoms with van der Waals surface area (Å²) in [6.07, 6.45) is 6.25. The van der Waals surface area contributed by atoms with E-state index in [4.69, 9.17) is 10.00 Å². The van der Waals surface area contributed by atoms with Crippen LogP contribution in [0.1, 0.15) is 65.7 Å². The maximum Gasteiger partial charge on any atom is 0.306 e. The molecule has 0 atom stereocenters. The number of nitrogens with zero attached hydrogens (tertiary/aromatic N) is 1. The number of ether oxygens (including phenoxy) is 1. The van der Waals surface area contributed by atoms with Gasteiger partial charge in [0, 0.05) is 12.8 Å². The molecule has 0 fully saturated rings. The Kier molecular flexibility index (Phi) is 7.62. The Balaban J connectivity index is 3.32. The first-order valence-corrected chi connectivity index (χ1v) is 6.04. The minimum Gasteiger partial charge on any atom is -0.460 e. The fourth-order valence-electron chi connectivity index (χ4n) is 1.40. The normalized spacial score (nSPS) is 10.9. The SMILES string of the molecule is CC(C)(C)OC(=O)CCCCCCCC#N. The highest BCUT2D eigenvalue weighted by Crippen LogP contribution is 2.11. The van der Waals surface area contributed by atoms with Crippen molar-refractivity contribution < 1.29 is 9.53 Å². The Morgan fingerprint density at radius 2 is 1.69 bits per heavy atom. The van der Waals surface area contributed by atoms with Crippen LogP contribution < -0.4 is 0 Å². The Bertz CT molecular complexity index is 235. The molecular formula is C13H23NO2. The predicted molar refractivity (Wildman–Crippen MR) is 63.8 cm³/mol. The second kappa shape index (κ2) is 8.15. The Labute approximate surface area is 98.8 Å². The van der Waals surface area contributed by atoms with Crippen LogP contribution in [-0.4, -0.2) is 11.6 Å². The van der Waals surface area contributed by atoms with Gasteiger partial charge < -0.3 is 4.74 Å². The van der Waals surface area contributed by atoms with Crippen molar-refractivity contribution in [3.8, 4) is 6.07 Å². The summed E-state index contributed by atoms with van der Waals surface area (Å²) in [4.78, 5) is 11.3. The Hall–Kier alpha value is -1.04. The lowest BCUT2D eigenvalue weighted by Crippen LogP contribution is -2.23. The van der Waals surface area contributed by atoms with Crippen molar-refractivity contribution in [1.29, 1.82) is 5.26 Å². The number of unbranched alkanes of at least 4 members (excludes halogenated alkanes) is 5. The molecule has 0 N–H and O–H groups in total. The molecule has 0 aromatic heterocycles. The van der Waals surface area contributed by atoms with Crippen LogP contribution in [0.3, 0.4) is 0 Å². The van der Waals surface area contributed by atoms with E-state index in [0.29, 0.717) is 12.8 Å². The molecule has 0 aliphatic rings. The lowest BCUT2D eigenvalue weighted by atomic mass is 10.1. The summed E-state index contributed by atoms with van der Waals surface area (Å²) in [7, 11) is 0. The molecule has 3 nitrogen and oxygen atoms in total. The third kappa shape index (κ3) is 11.0. The molecule has 0 aliphatic heterocycles. The fraction of sp³-hybridized carbons (Fsp3) is 0.846. The van der Waals surface area contributed by atoms with Gasteiger partial charge in [-0.25, -0.2) is 0 Å². The third-order valence-electron chi connectivity index (χ3n) is 2.09. The zero-order valence-electron chi connectivity index (χ0n) is 10.7. The van der Waals surface area contributed by atoms with Crippen molar-refractivity contribution in [2.24, 2.45) is 0 Å². The summed E-state index contributed by atoms with van der Waals surface area (Å²) < 4.78 is 5.20. The minimum absolute atomic E-state index is 0.107. The van der Waals surface area contributed by atoms with Gasteiger partial charge in [0.2, 0.25) is 0 Å². The van der Waals surface area contributed by atoms with E-state index in [-0.39, 0.29) is 11.6 Å². The quantitative estimate of drug-likeness (QED) is 0.491. The second-order valence-corrected chi connectivity index (χ2v) is 5.01. The average molecular weight is 225 g/mol. The Morgan fingerprint density at radius 3 is 2.25 bits per heavy atom. The van der Waals surface area contributed by atoms with E-state index in [1.165, 1.54) is 0 Å². The molecule has 0 saturated heterocycles. The molecular weight excluding hydrogens is 202 g/mol. The molecule has 0 aromatic rings. The van der Waals surface area contributed by atoms with Gasteiger partial charge >= 0.3 is 5.97 Å². The minimum atomic E-state index is -0.371. The van der Waals surface area contributed by atoms with Gasteiger partial charge in [0.1, 0.15) is 5.60 Å². The van der Waals surface area contributed by atoms with E-state index in [1.807, 2.05) is 20.8 Å². The molecule has 0 aromatic carbocycles. The van der Waals surface area contributed by atoms with Crippen molar-refractivity contribution in [2.75, 3.05) is 0 Å². The van der Waals surface area contributed by atoms with E-state index in [1.54, 1.807) is 0 Å². The lowest BCUT2D eigenvalue weighted by molar-refractivity contribution is -0.154. The summed E-state index contributed by atoms with van der Waals surface area (Å²) in [5, 5.41) is 8.34. The van der Waals surface area contributed by atoms with Crippen molar-refractivity contribution in [2.45, 2.75) is 71.3 Å². The van der Waals surface area contributed by atoms with Crippen molar-refractivity contribution in [3.05, 3.63) is 0 Å². The van der Waals surface area contributed by atoms with Gasteiger partial charge in [-0.05, 0) is 33.6 Å².